The molecule has 6 nitrogen and oxygen atoms in total. The number of ether oxygens (including phenoxy) is 1. The summed E-state index contributed by atoms with van der Waals surface area (Å²) in [6.07, 6.45) is 0. The highest BCUT2D eigenvalue weighted by atomic mass is 16.5. The van der Waals surface area contributed by atoms with E-state index in [-0.39, 0.29) is 6.54 Å². The zero-order chi connectivity index (χ0) is 13.8. The number of aromatic nitrogens is 2. The van der Waals surface area contributed by atoms with Crippen LogP contribution in [-0.4, -0.2) is 22.3 Å². The summed E-state index contributed by atoms with van der Waals surface area (Å²) in [5, 5.41) is 2.67. The second-order valence-corrected chi connectivity index (χ2v) is 3.92. The number of carbonyl (C=O) groups is 1. The van der Waals surface area contributed by atoms with Crippen LogP contribution in [0.5, 0.6) is 5.75 Å². The minimum Gasteiger partial charge on any atom is -0.494 e. The molecule has 1 aromatic carbocycles. The van der Waals surface area contributed by atoms with Crippen molar-refractivity contribution in [3.05, 3.63) is 51.9 Å². The predicted octanol–water partition coefficient (Wildman–Crippen LogP) is 0.722. The van der Waals surface area contributed by atoms with E-state index in [1.807, 2.05) is 6.92 Å². The van der Waals surface area contributed by atoms with Crippen molar-refractivity contribution in [3.63, 3.8) is 0 Å². The number of H-pyrrole nitrogens is 1. The quantitative estimate of drug-likeness (QED) is 0.848. The zero-order valence-corrected chi connectivity index (χ0v) is 10.6. The Morgan fingerprint density at radius 2 is 2.05 bits per heavy atom. The van der Waals surface area contributed by atoms with Gasteiger partial charge in [-0.25, -0.2) is 0 Å². The van der Waals surface area contributed by atoms with Crippen molar-refractivity contribution in [1.82, 2.24) is 9.78 Å². The number of hydrogen-bond donors (Lipinski definition) is 2. The number of benzene rings is 1. The molecule has 0 amide bonds. The lowest BCUT2D eigenvalue weighted by molar-refractivity contribution is 0.0941. The van der Waals surface area contributed by atoms with E-state index in [9.17, 15) is 9.59 Å². The number of rotatable bonds is 4. The third kappa shape index (κ3) is 2.74. The second kappa shape index (κ2) is 5.53. The zero-order valence-electron chi connectivity index (χ0n) is 10.6. The van der Waals surface area contributed by atoms with Crippen molar-refractivity contribution in [1.29, 1.82) is 0 Å². The fourth-order valence-corrected chi connectivity index (χ4v) is 1.69. The second-order valence-electron chi connectivity index (χ2n) is 3.92. The molecule has 3 N–H and O–H groups in total. The molecule has 0 aliphatic rings. The molecule has 0 aliphatic heterocycles. The molecule has 0 radical (unpaired) electrons. The van der Waals surface area contributed by atoms with E-state index < -0.39 is 11.5 Å². The van der Waals surface area contributed by atoms with E-state index in [1.54, 1.807) is 24.3 Å². The Kier molecular flexibility index (Phi) is 3.82. The summed E-state index contributed by atoms with van der Waals surface area (Å²) in [6.45, 7) is 2.62. The number of carbonyl (C=O) groups excluding carboxylic acids is 1. The molecule has 0 atom stereocenters. The molecule has 0 unspecified atom stereocenters. The van der Waals surface area contributed by atoms with Gasteiger partial charge in [0.05, 0.1) is 12.3 Å². The van der Waals surface area contributed by atoms with Crippen molar-refractivity contribution in [2.24, 2.45) is 5.73 Å². The lowest BCUT2D eigenvalue weighted by Gasteiger charge is -2.04. The van der Waals surface area contributed by atoms with Crippen molar-refractivity contribution >= 4 is 5.91 Å². The monoisotopic (exact) mass is 261 g/mol. The molecule has 0 bridgehead atoms. The normalized spacial score (nSPS) is 10.4. The van der Waals surface area contributed by atoms with Gasteiger partial charge in [0.1, 0.15) is 5.75 Å². The molecule has 2 aromatic rings. The molecule has 0 spiro atoms. The Balaban J connectivity index is 2.28. The lowest BCUT2D eigenvalue weighted by Crippen LogP contribution is -2.24. The van der Waals surface area contributed by atoms with Gasteiger partial charge in [0, 0.05) is 18.2 Å². The van der Waals surface area contributed by atoms with Crippen molar-refractivity contribution < 1.29 is 9.53 Å². The maximum Gasteiger partial charge on any atom is 0.279 e. The lowest BCUT2D eigenvalue weighted by atomic mass is 10.2. The standard InChI is InChI=1S/C13H15N3O3/c1-2-19-11-5-3-9(4-6-11)13(18)16-12(17)7-10(8-14)15-16/h3-7,15H,2,8,14H2,1H3. The number of nitrogens with zero attached hydrogens (tertiary/aromatic N) is 1. The van der Waals surface area contributed by atoms with Gasteiger partial charge in [0.25, 0.3) is 11.5 Å². The van der Waals surface area contributed by atoms with Gasteiger partial charge in [-0.3, -0.25) is 14.7 Å². The summed E-state index contributed by atoms with van der Waals surface area (Å²) in [5.74, 6) is 0.258. The van der Waals surface area contributed by atoms with Crippen molar-refractivity contribution in [2.75, 3.05) is 6.61 Å². The van der Waals surface area contributed by atoms with E-state index in [0.29, 0.717) is 23.6 Å². The molecule has 2 rings (SSSR count). The van der Waals surface area contributed by atoms with Gasteiger partial charge in [-0.2, -0.15) is 4.68 Å². The summed E-state index contributed by atoms with van der Waals surface area (Å²) in [7, 11) is 0. The van der Waals surface area contributed by atoms with Crippen molar-refractivity contribution in [3.8, 4) is 5.75 Å². The van der Waals surface area contributed by atoms with Crippen LogP contribution in [0.15, 0.2) is 35.1 Å². The first-order valence-electron chi connectivity index (χ1n) is 5.94. The summed E-state index contributed by atoms with van der Waals surface area (Å²) in [6, 6.07) is 7.92. The highest BCUT2D eigenvalue weighted by molar-refractivity contribution is 5.95. The van der Waals surface area contributed by atoms with Crippen molar-refractivity contribution in [2.45, 2.75) is 13.5 Å². The summed E-state index contributed by atoms with van der Waals surface area (Å²) < 4.78 is 6.23. The number of aromatic amines is 1. The fraction of sp³-hybridized carbons (Fsp3) is 0.231. The van der Waals surface area contributed by atoms with Gasteiger partial charge >= 0.3 is 0 Å². The summed E-state index contributed by atoms with van der Waals surface area (Å²) in [4.78, 5) is 23.7. The molecule has 1 heterocycles. The van der Waals surface area contributed by atoms with Gasteiger partial charge in [-0.1, -0.05) is 0 Å². The van der Waals surface area contributed by atoms with Gasteiger partial charge in [0.2, 0.25) is 0 Å². The molecule has 19 heavy (non-hydrogen) atoms. The maximum atomic E-state index is 12.1. The molecule has 0 saturated carbocycles. The van der Waals surface area contributed by atoms with Crippen LogP contribution in [0.1, 0.15) is 23.0 Å². The Labute approximate surface area is 109 Å². The molecular weight excluding hydrogens is 246 g/mol. The molecule has 0 fully saturated rings. The van der Waals surface area contributed by atoms with Crippen LogP contribution in [0.3, 0.4) is 0 Å². The molecule has 100 valence electrons. The average Bonchev–Trinajstić information content (AvgIpc) is 2.80. The van der Waals surface area contributed by atoms with E-state index in [4.69, 9.17) is 10.5 Å². The highest BCUT2D eigenvalue weighted by Crippen LogP contribution is 2.12. The van der Waals surface area contributed by atoms with Gasteiger partial charge in [-0.15, -0.1) is 0 Å². The number of nitrogens with two attached hydrogens (primary N) is 1. The van der Waals surface area contributed by atoms with Gasteiger partial charge in [-0.05, 0) is 31.2 Å². The third-order valence-electron chi connectivity index (χ3n) is 2.61. The Bertz CT molecular complexity index is 625. The molecule has 0 saturated heterocycles. The SMILES string of the molecule is CCOc1ccc(C(=O)n2[nH]c(CN)cc2=O)cc1. The highest BCUT2D eigenvalue weighted by Gasteiger charge is 2.12. The number of hydrogen-bond acceptors (Lipinski definition) is 4. The van der Waals surface area contributed by atoms with Crippen LogP contribution in [0.4, 0.5) is 0 Å². The van der Waals surface area contributed by atoms with Crippen LogP contribution in [0.2, 0.25) is 0 Å². The summed E-state index contributed by atoms with van der Waals surface area (Å²) >= 11 is 0. The molecule has 1 aromatic heterocycles. The van der Waals surface area contributed by atoms with E-state index in [1.165, 1.54) is 6.07 Å². The fourth-order valence-electron chi connectivity index (χ4n) is 1.69. The first-order valence-corrected chi connectivity index (χ1v) is 5.94. The van der Waals surface area contributed by atoms with E-state index in [0.717, 1.165) is 4.68 Å². The van der Waals surface area contributed by atoms with Crippen LogP contribution < -0.4 is 16.0 Å². The van der Waals surface area contributed by atoms with Gasteiger partial charge < -0.3 is 10.5 Å². The van der Waals surface area contributed by atoms with E-state index >= 15 is 0 Å². The smallest absolute Gasteiger partial charge is 0.279 e. The molecule has 0 aliphatic carbocycles. The minimum absolute atomic E-state index is 0.179. The number of nitrogens with one attached hydrogen (secondary N) is 1. The Morgan fingerprint density at radius 3 is 2.58 bits per heavy atom. The van der Waals surface area contributed by atoms with Gasteiger partial charge in [0.15, 0.2) is 0 Å². The first kappa shape index (κ1) is 13.1. The Morgan fingerprint density at radius 1 is 1.37 bits per heavy atom. The maximum absolute atomic E-state index is 12.1. The molecular formula is C13H15N3O3. The topological polar surface area (TPSA) is 90.1 Å². The average molecular weight is 261 g/mol. The third-order valence-corrected chi connectivity index (χ3v) is 2.61. The minimum atomic E-state index is -0.423. The molecule has 6 heteroatoms. The Hall–Kier alpha value is -2.34. The van der Waals surface area contributed by atoms with Crippen LogP contribution in [0, 0.1) is 0 Å². The predicted molar refractivity (Wildman–Crippen MR) is 70.3 cm³/mol. The largest absolute Gasteiger partial charge is 0.494 e. The van der Waals surface area contributed by atoms with Crippen LogP contribution in [-0.2, 0) is 6.54 Å². The summed E-state index contributed by atoms with van der Waals surface area (Å²) in [5.41, 5.74) is 5.91. The van der Waals surface area contributed by atoms with E-state index in [2.05, 4.69) is 5.10 Å². The van der Waals surface area contributed by atoms with Crippen LogP contribution >= 0.6 is 0 Å². The van der Waals surface area contributed by atoms with Crippen LogP contribution in [0.25, 0.3) is 0 Å². The first-order chi connectivity index (χ1) is 9.15.